The molecule has 0 bridgehead atoms. The van der Waals surface area contributed by atoms with E-state index >= 15 is 0 Å². The summed E-state index contributed by atoms with van der Waals surface area (Å²) in [6.07, 6.45) is 0.937. The van der Waals surface area contributed by atoms with E-state index in [1.54, 1.807) is 6.07 Å². The molecule has 4 heteroatoms. The lowest BCUT2D eigenvalue weighted by atomic mass is 9.90. The van der Waals surface area contributed by atoms with Crippen molar-refractivity contribution in [1.82, 2.24) is 9.88 Å². The number of hydrogen-bond acceptors (Lipinski definition) is 3. The Morgan fingerprint density at radius 2 is 1.95 bits per heavy atom. The van der Waals surface area contributed by atoms with Gasteiger partial charge in [0.25, 0.3) is 5.91 Å². The molecule has 20 heavy (non-hydrogen) atoms. The maximum Gasteiger partial charge on any atom is 0.254 e. The minimum atomic E-state index is -0.127. The number of anilines is 1. The molecule has 0 radical (unpaired) electrons. The van der Waals surface area contributed by atoms with Crippen molar-refractivity contribution in [1.29, 1.82) is 0 Å². The molecular weight excluding hydrogens is 250 g/mol. The molecule has 1 heterocycles. The van der Waals surface area contributed by atoms with E-state index < -0.39 is 0 Å². The van der Waals surface area contributed by atoms with Gasteiger partial charge in [0.2, 0.25) is 0 Å². The van der Waals surface area contributed by atoms with Crippen molar-refractivity contribution in [3.63, 3.8) is 0 Å². The third kappa shape index (κ3) is 3.71. The summed E-state index contributed by atoms with van der Waals surface area (Å²) in [5.74, 6) is 0.433. The van der Waals surface area contributed by atoms with E-state index in [0.29, 0.717) is 17.9 Å². The van der Waals surface area contributed by atoms with E-state index in [1.165, 1.54) is 0 Å². The van der Waals surface area contributed by atoms with Crippen LogP contribution in [0.3, 0.4) is 0 Å². The Labute approximate surface area is 122 Å². The number of hydrogen-bond donors (Lipinski definition) is 1. The van der Waals surface area contributed by atoms with Gasteiger partial charge in [0, 0.05) is 29.3 Å². The highest BCUT2D eigenvalue weighted by atomic mass is 16.2. The summed E-state index contributed by atoms with van der Waals surface area (Å²) in [5, 5.41) is 0. The van der Waals surface area contributed by atoms with Crippen molar-refractivity contribution in [2.75, 3.05) is 12.3 Å². The van der Waals surface area contributed by atoms with Crippen molar-refractivity contribution < 1.29 is 4.79 Å². The molecule has 1 aromatic rings. The first-order valence-corrected chi connectivity index (χ1v) is 7.29. The highest BCUT2D eigenvalue weighted by molar-refractivity contribution is 5.95. The molecule has 4 nitrogen and oxygen atoms in total. The summed E-state index contributed by atoms with van der Waals surface area (Å²) in [7, 11) is 0. The maximum absolute atomic E-state index is 12.7. The average molecular weight is 277 g/mol. The van der Waals surface area contributed by atoms with Crippen LogP contribution in [0.4, 0.5) is 5.82 Å². The van der Waals surface area contributed by atoms with Crippen LogP contribution in [0.2, 0.25) is 0 Å². The van der Waals surface area contributed by atoms with Crippen molar-refractivity contribution in [3.05, 3.63) is 23.4 Å². The predicted molar refractivity (Wildman–Crippen MR) is 83.8 cm³/mol. The molecule has 0 saturated heterocycles. The molecule has 0 fully saturated rings. The SMILES string of the molecule is CCC(C)N(CC)C(=O)c1cc(N)nc(C(C)(C)C)c1. The Bertz CT molecular complexity index is 477. The molecule has 0 aliphatic rings. The van der Waals surface area contributed by atoms with Crippen molar-refractivity contribution >= 4 is 11.7 Å². The Kier molecular flexibility index (Phi) is 5.15. The summed E-state index contributed by atoms with van der Waals surface area (Å²) >= 11 is 0. The van der Waals surface area contributed by atoms with Gasteiger partial charge in [-0.3, -0.25) is 4.79 Å². The topological polar surface area (TPSA) is 59.2 Å². The van der Waals surface area contributed by atoms with E-state index in [-0.39, 0.29) is 17.4 Å². The largest absolute Gasteiger partial charge is 0.384 e. The zero-order chi connectivity index (χ0) is 15.5. The summed E-state index contributed by atoms with van der Waals surface area (Å²) in [6, 6.07) is 3.76. The molecule has 112 valence electrons. The van der Waals surface area contributed by atoms with Gasteiger partial charge in [-0.1, -0.05) is 27.7 Å². The van der Waals surface area contributed by atoms with Gasteiger partial charge < -0.3 is 10.6 Å². The van der Waals surface area contributed by atoms with Gasteiger partial charge in [-0.05, 0) is 32.4 Å². The zero-order valence-electron chi connectivity index (χ0n) is 13.5. The molecular formula is C16H27N3O. The fourth-order valence-electron chi connectivity index (χ4n) is 2.10. The number of nitrogens with zero attached hydrogens (tertiary/aromatic N) is 2. The number of pyridine rings is 1. The van der Waals surface area contributed by atoms with E-state index in [1.807, 2.05) is 17.9 Å². The molecule has 2 N–H and O–H groups in total. The third-order valence-corrected chi connectivity index (χ3v) is 3.58. The number of nitrogen functional groups attached to an aromatic ring is 1. The van der Waals surface area contributed by atoms with Crippen molar-refractivity contribution in [3.8, 4) is 0 Å². The molecule has 1 amide bonds. The molecule has 1 atom stereocenters. The molecule has 0 spiro atoms. The molecule has 1 unspecified atom stereocenters. The monoisotopic (exact) mass is 277 g/mol. The maximum atomic E-state index is 12.7. The lowest BCUT2D eigenvalue weighted by molar-refractivity contribution is 0.0699. The first kappa shape index (κ1) is 16.5. The van der Waals surface area contributed by atoms with Crippen molar-refractivity contribution in [2.45, 2.75) is 59.4 Å². The smallest absolute Gasteiger partial charge is 0.254 e. The van der Waals surface area contributed by atoms with Crippen LogP contribution < -0.4 is 5.73 Å². The zero-order valence-corrected chi connectivity index (χ0v) is 13.5. The summed E-state index contributed by atoms with van der Waals surface area (Å²) < 4.78 is 0. The lowest BCUT2D eigenvalue weighted by Gasteiger charge is -2.28. The fourth-order valence-corrected chi connectivity index (χ4v) is 2.10. The van der Waals surface area contributed by atoms with E-state index in [9.17, 15) is 4.79 Å². The fraction of sp³-hybridized carbons (Fsp3) is 0.625. The third-order valence-electron chi connectivity index (χ3n) is 3.58. The van der Waals surface area contributed by atoms with Crippen LogP contribution in [0.25, 0.3) is 0 Å². The number of amides is 1. The first-order chi connectivity index (χ1) is 9.20. The van der Waals surface area contributed by atoms with E-state index in [2.05, 4.69) is 39.6 Å². The Morgan fingerprint density at radius 3 is 2.40 bits per heavy atom. The lowest BCUT2D eigenvalue weighted by Crippen LogP contribution is -2.38. The molecule has 0 saturated carbocycles. The second-order valence-corrected chi connectivity index (χ2v) is 6.26. The van der Waals surface area contributed by atoms with Crippen LogP contribution in [0.1, 0.15) is 64.0 Å². The van der Waals surface area contributed by atoms with Gasteiger partial charge >= 0.3 is 0 Å². The average Bonchev–Trinajstić information content (AvgIpc) is 2.37. The van der Waals surface area contributed by atoms with Gasteiger partial charge in [-0.15, -0.1) is 0 Å². The molecule has 0 aliphatic heterocycles. The van der Waals surface area contributed by atoms with Gasteiger partial charge in [-0.25, -0.2) is 4.98 Å². The predicted octanol–water partition coefficient (Wildman–Crippen LogP) is 3.22. The summed E-state index contributed by atoms with van der Waals surface area (Å²) in [6.45, 7) is 13.0. The summed E-state index contributed by atoms with van der Waals surface area (Å²) in [5.41, 5.74) is 7.21. The number of rotatable bonds is 4. The van der Waals surface area contributed by atoms with Crippen LogP contribution in [0.15, 0.2) is 12.1 Å². The number of aromatic nitrogens is 1. The van der Waals surface area contributed by atoms with Crippen LogP contribution in [-0.4, -0.2) is 28.4 Å². The number of carbonyl (C=O) groups is 1. The van der Waals surface area contributed by atoms with Gasteiger partial charge in [-0.2, -0.15) is 0 Å². The van der Waals surface area contributed by atoms with E-state index in [0.717, 1.165) is 12.1 Å². The van der Waals surface area contributed by atoms with Gasteiger partial charge in [0.15, 0.2) is 0 Å². The van der Waals surface area contributed by atoms with Gasteiger partial charge in [0.1, 0.15) is 5.82 Å². The Morgan fingerprint density at radius 1 is 1.35 bits per heavy atom. The number of carbonyl (C=O) groups excluding carboxylic acids is 1. The second-order valence-electron chi connectivity index (χ2n) is 6.26. The Hall–Kier alpha value is -1.58. The quantitative estimate of drug-likeness (QED) is 0.919. The minimum absolute atomic E-state index is 0.0291. The standard InChI is InChI=1S/C16H27N3O/c1-7-11(3)19(8-2)15(20)12-9-13(16(4,5)6)18-14(17)10-12/h9-11H,7-8H2,1-6H3,(H2,17,18). The van der Waals surface area contributed by atoms with E-state index in [4.69, 9.17) is 5.73 Å². The molecule has 1 rings (SSSR count). The highest BCUT2D eigenvalue weighted by Gasteiger charge is 2.22. The van der Waals surface area contributed by atoms with Crippen molar-refractivity contribution in [2.24, 2.45) is 0 Å². The summed E-state index contributed by atoms with van der Waals surface area (Å²) in [4.78, 5) is 18.9. The van der Waals surface area contributed by atoms with Gasteiger partial charge in [0.05, 0.1) is 0 Å². The molecule has 1 aromatic heterocycles. The second kappa shape index (κ2) is 6.25. The molecule has 0 aliphatic carbocycles. The van der Waals surface area contributed by atoms with Crippen LogP contribution in [0, 0.1) is 0 Å². The van der Waals surface area contributed by atoms with Crippen LogP contribution >= 0.6 is 0 Å². The molecule has 0 aromatic carbocycles. The Balaban J connectivity index is 3.19. The van der Waals surface area contributed by atoms with Crippen LogP contribution in [-0.2, 0) is 5.41 Å². The normalized spacial score (nSPS) is 13.1. The minimum Gasteiger partial charge on any atom is -0.384 e. The number of nitrogens with two attached hydrogens (primary N) is 1. The van der Waals surface area contributed by atoms with Crippen LogP contribution in [0.5, 0.6) is 0 Å². The highest BCUT2D eigenvalue weighted by Crippen LogP contribution is 2.23. The first-order valence-electron chi connectivity index (χ1n) is 7.29.